The summed E-state index contributed by atoms with van der Waals surface area (Å²) in [5.41, 5.74) is 1.31. The predicted octanol–water partition coefficient (Wildman–Crippen LogP) is 3.82. The molecule has 0 unspecified atom stereocenters. The molecule has 2 aromatic carbocycles. The van der Waals surface area contributed by atoms with Crippen LogP contribution in [0.15, 0.2) is 42.5 Å². The van der Waals surface area contributed by atoms with E-state index in [4.69, 9.17) is 14.6 Å². The number of benzene rings is 2. The summed E-state index contributed by atoms with van der Waals surface area (Å²) in [4.78, 5) is 23.7. The number of carboxylic acids is 1. The lowest BCUT2D eigenvalue weighted by atomic mass is 9.83. The van der Waals surface area contributed by atoms with Crippen LogP contribution in [-0.2, 0) is 16.6 Å². The van der Waals surface area contributed by atoms with E-state index < -0.39 is 11.4 Å². The largest absolute Gasteiger partial charge is 0.490 e. The van der Waals surface area contributed by atoms with Gasteiger partial charge in [0, 0.05) is 6.54 Å². The number of carboxylic acid groups (broad SMARTS) is 1. The molecule has 0 aromatic heterocycles. The summed E-state index contributed by atoms with van der Waals surface area (Å²) < 4.78 is 11.3. The number of aromatic carboxylic acids is 1. The fourth-order valence-corrected chi connectivity index (χ4v) is 2.93. The third-order valence-corrected chi connectivity index (χ3v) is 4.73. The molecule has 0 aliphatic heterocycles. The van der Waals surface area contributed by atoms with Gasteiger partial charge in [-0.05, 0) is 69.5 Å². The normalized spacial score (nSPS) is 11.0. The van der Waals surface area contributed by atoms with Gasteiger partial charge in [-0.2, -0.15) is 0 Å². The van der Waals surface area contributed by atoms with Gasteiger partial charge in [0.15, 0.2) is 11.5 Å². The standard InChI is InChI=1S/C23H29NO5/c1-5-28-19-12-11-18(15-20(19)29-6-2)23(3,4)22(27)24-14-13-16-7-9-17(10-8-16)21(25)26/h7-12,15H,5-6,13-14H2,1-4H3,(H,24,27)(H,25,26). The van der Waals surface area contributed by atoms with Crippen LogP contribution in [0.3, 0.4) is 0 Å². The van der Waals surface area contributed by atoms with Crippen molar-refractivity contribution in [3.05, 3.63) is 59.2 Å². The molecule has 0 spiro atoms. The number of hydrogen-bond donors (Lipinski definition) is 2. The van der Waals surface area contributed by atoms with E-state index in [9.17, 15) is 9.59 Å². The predicted molar refractivity (Wildman–Crippen MR) is 112 cm³/mol. The zero-order valence-corrected chi connectivity index (χ0v) is 17.5. The highest BCUT2D eigenvalue weighted by Crippen LogP contribution is 2.33. The fraction of sp³-hybridized carbons (Fsp3) is 0.391. The van der Waals surface area contributed by atoms with Crippen LogP contribution in [0.4, 0.5) is 0 Å². The van der Waals surface area contributed by atoms with Gasteiger partial charge in [0.25, 0.3) is 0 Å². The molecule has 0 heterocycles. The highest BCUT2D eigenvalue weighted by molar-refractivity contribution is 5.88. The Morgan fingerprint density at radius 1 is 0.966 bits per heavy atom. The molecule has 0 fully saturated rings. The maximum atomic E-state index is 12.8. The second-order valence-corrected chi connectivity index (χ2v) is 7.16. The fourth-order valence-electron chi connectivity index (χ4n) is 2.93. The van der Waals surface area contributed by atoms with Crippen LogP contribution in [0.1, 0.15) is 49.2 Å². The van der Waals surface area contributed by atoms with Crippen molar-refractivity contribution in [2.24, 2.45) is 0 Å². The molecule has 0 aliphatic rings. The third kappa shape index (κ3) is 5.73. The molecule has 0 saturated carbocycles. The minimum atomic E-state index is -0.951. The number of ether oxygens (including phenoxy) is 2. The van der Waals surface area contributed by atoms with E-state index in [-0.39, 0.29) is 11.5 Å². The molecular formula is C23H29NO5. The summed E-state index contributed by atoms with van der Waals surface area (Å²) in [5, 5.41) is 11.9. The van der Waals surface area contributed by atoms with Gasteiger partial charge in [0.05, 0.1) is 24.2 Å². The summed E-state index contributed by atoms with van der Waals surface area (Å²) in [5.74, 6) is 0.255. The van der Waals surface area contributed by atoms with Crippen molar-refractivity contribution >= 4 is 11.9 Å². The van der Waals surface area contributed by atoms with Crippen LogP contribution < -0.4 is 14.8 Å². The summed E-state index contributed by atoms with van der Waals surface area (Å²) in [6.45, 7) is 9.07. The third-order valence-electron chi connectivity index (χ3n) is 4.73. The number of amides is 1. The molecule has 156 valence electrons. The van der Waals surface area contributed by atoms with Crippen LogP contribution in [-0.4, -0.2) is 36.7 Å². The van der Waals surface area contributed by atoms with E-state index in [1.807, 2.05) is 45.9 Å². The van der Waals surface area contributed by atoms with Gasteiger partial charge in [0.1, 0.15) is 0 Å². The Kier molecular flexibility index (Phi) is 7.65. The molecular weight excluding hydrogens is 370 g/mol. The molecule has 0 radical (unpaired) electrons. The number of rotatable bonds is 10. The van der Waals surface area contributed by atoms with E-state index >= 15 is 0 Å². The molecule has 0 saturated heterocycles. The van der Waals surface area contributed by atoms with Gasteiger partial charge in [0.2, 0.25) is 5.91 Å². The van der Waals surface area contributed by atoms with Crippen molar-refractivity contribution in [2.45, 2.75) is 39.5 Å². The Hall–Kier alpha value is -3.02. The number of carbonyl (C=O) groups is 2. The highest BCUT2D eigenvalue weighted by Gasteiger charge is 2.30. The van der Waals surface area contributed by atoms with Crippen LogP contribution in [0.2, 0.25) is 0 Å². The first-order valence-corrected chi connectivity index (χ1v) is 9.80. The summed E-state index contributed by atoms with van der Waals surface area (Å²) in [6, 6.07) is 12.2. The summed E-state index contributed by atoms with van der Waals surface area (Å²) in [6.07, 6.45) is 0.620. The van der Waals surface area contributed by atoms with E-state index in [0.29, 0.717) is 37.7 Å². The van der Waals surface area contributed by atoms with Crippen molar-refractivity contribution in [3.8, 4) is 11.5 Å². The molecule has 6 nitrogen and oxygen atoms in total. The van der Waals surface area contributed by atoms with Crippen molar-refractivity contribution in [3.63, 3.8) is 0 Å². The van der Waals surface area contributed by atoms with Gasteiger partial charge in [-0.1, -0.05) is 18.2 Å². The van der Waals surface area contributed by atoms with Gasteiger partial charge in [-0.3, -0.25) is 4.79 Å². The molecule has 29 heavy (non-hydrogen) atoms. The summed E-state index contributed by atoms with van der Waals surface area (Å²) >= 11 is 0. The Labute approximate surface area is 171 Å². The second-order valence-electron chi connectivity index (χ2n) is 7.16. The van der Waals surface area contributed by atoms with Crippen molar-refractivity contribution in [2.75, 3.05) is 19.8 Å². The Bertz CT molecular complexity index is 843. The van der Waals surface area contributed by atoms with E-state index in [1.165, 1.54) is 0 Å². The average molecular weight is 399 g/mol. The van der Waals surface area contributed by atoms with Crippen LogP contribution >= 0.6 is 0 Å². The molecule has 6 heteroatoms. The van der Waals surface area contributed by atoms with Crippen molar-refractivity contribution in [1.29, 1.82) is 0 Å². The Balaban J connectivity index is 2.03. The lowest BCUT2D eigenvalue weighted by Crippen LogP contribution is -2.40. The molecule has 1 amide bonds. The minimum absolute atomic E-state index is 0.0914. The molecule has 0 bridgehead atoms. The molecule has 0 atom stereocenters. The maximum absolute atomic E-state index is 12.8. The zero-order valence-electron chi connectivity index (χ0n) is 17.5. The molecule has 2 rings (SSSR count). The van der Waals surface area contributed by atoms with Gasteiger partial charge >= 0.3 is 5.97 Å². The number of hydrogen-bond acceptors (Lipinski definition) is 4. The quantitative estimate of drug-likeness (QED) is 0.634. The smallest absolute Gasteiger partial charge is 0.335 e. The van der Waals surface area contributed by atoms with E-state index in [1.54, 1.807) is 24.3 Å². The van der Waals surface area contributed by atoms with E-state index in [2.05, 4.69) is 5.32 Å². The molecule has 2 aromatic rings. The topological polar surface area (TPSA) is 84.9 Å². The molecule has 0 aliphatic carbocycles. The Morgan fingerprint density at radius 2 is 1.59 bits per heavy atom. The first-order chi connectivity index (χ1) is 13.8. The Morgan fingerprint density at radius 3 is 2.17 bits per heavy atom. The zero-order chi connectivity index (χ0) is 21.4. The summed E-state index contributed by atoms with van der Waals surface area (Å²) in [7, 11) is 0. The highest BCUT2D eigenvalue weighted by atomic mass is 16.5. The van der Waals surface area contributed by atoms with Gasteiger partial charge in [-0.15, -0.1) is 0 Å². The lowest BCUT2D eigenvalue weighted by molar-refractivity contribution is -0.125. The van der Waals surface area contributed by atoms with Crippen molar-refractivity contribution < 1.29 is 24.2 Å². The number of carbonyl (C=O) groups excluding carboxylic acids is 1. The number of nitrogens with one attached hydrogen (secondary N) is 1. The average Bonchev–Trinajstić information content (AvgIpc) is 2.69. The first-order valence-electron chi connectivity index (χ1n) is 9.80. The minimum Gasteiger partial charge on any atom is -0.490 e. The van der Waals surface area contributed by atoms with Crippen LogP contribution in [0.25, 0.3) is 0 Å². The van der Waals surface area contributed by atoms with Gasteiger partial charge < -0.3 is 19.9 Å². The molecule has 2 N–H and O–H groups in total. The second kappa shape index (κ2) is 9.96. The monoisotopic (exact) mass is 399 g/mol. The van der Waals surface area contributed by atoms with Gasteiger partial charge in [-0.25, -0.2) is 4.79 Å². The maximum Gasteiger partial charge on any atom is 0.335 e. The van der Waals surface area contributed by atoms with Crippen LogP contribution in [0, 0.1) is 0 Å². The van der Waals surface area contributed by atoms with E-state index in [0.717, 1.165) is 11.1 Å². The SMILES string of the molecule is CCOc1ccc(C(C)(C)C(=O)NCCc2ccc(C(=O)O)cc2)cc1OCC. The van der Waals surface area contributed by atoms with Crippen LogP contribution in [0.5, 0.6) is 11.5 Å². The first kappa shape index (κ1) is 22.3. The van der Waals surface area contributed by atoms with Crippen molar-refractivity contribution in [1.82, 2.24) is 5.32 Å². The lowest BCUT2D eigenvalue weighted by Gasteiger charge is -2.25.